The van der Waals surface area contributed by atoms with Crippen LogP contribution in [0.4, 0.5) is 0 Å². The molecule has 0 aromatic heterocycles. The molecule has 5 aliphatic carbocycles. The van der Waals surface area contributed by atoms with Gasteiger partial charge in [-0.1, -0.05) is 53.2 Å². The highest BCUT2D eigenvalue weighted by Crippen LogP contribution is 2.76. The molecular weight excluding hydrogens is 760 g/mol. The maximum Gasteiger partial charge on any atom is 0.335 e. The number of allylic oxidation sites excluding steroid dienone is 1. The van der Waals surface area contributed by atoms with Crippen LogP contribution < -0.4 is 0 Å². The molecular formula is C42H66O16. The van der Waals surface area contributed by atoms with Crippen molar-refractivity contribution in [1.29, 1.82) is 0 Å². The topological polar surface area (TPSA) is 273 Å². The number of aliphatic hydroxyl groups is 8. The normalized spacial score (nSPS) is 53.9. The van der Waals surface area contributed by atoms with E-state index in [1.54, 1.807) is 0 Å². The molecule has 0 aromatic carbocycles. The zero-order chi connectivity index (χ0) is 42.7. The third kappa shape index (κ3) is 6.29. The fourth-order valence-electron chi connectivity index (χ4n) is 13.6. The van der Waals surface area contributed by atoms with E-state index in [9.17, 15) is 60.7 Å². The lowest BCUT2D eigenvalue weighted by Crippen LogP contribution is -2.68. The molecule has 2 aliphatic heterocycles. The Hall–Kier alpha value is -1.80. The molecule has 0 unspecified atom stereocenters. The molecule has 58 heavy (non-hydrogen) atoms. The lowest BCUT2D eigenvalue weighted by Gasteiger charge is -2.71. The van der Waals surface area contributed by atoms with Gasteiger partial charge in [0.1, 0.15) is 42.7 Å². The molecule has 2 saturated heterocycles. The first-order chi connectivity index (χ1) is 26.9. The van der Waals surface area contributed by atoms with Gasteiger partial charge in [-0.05, 0) is 91.3 Å². The number of aliphatic hydroxyl groups excluding tert-OH is 8. The minimum Gasteiger partial charge on any atom is -0.481 e. The fourth-order valence-corrected chi connectivity index (χ4v) is 13.6. The van der Waals surface area contributed by atoms with Crippen molar-refractivity contribution in [2.24, 2.45) is 50.2 Å². The molecule has 7 aliphatic rings. The standard InChI is InChI=1S/C42H66O16/c1-37(2)13-15-42(36(53)54)16-14-40(5)19(24(42)32(37)50)7-8-22-38(3)11-10-23(57-35-30(49)27(46)28(47)31(58-35)33(51)52)39(4,21(38)9-12-41(22,40)6)18-55-34-29(48)26(45)25(44)20(17-43)56-34/h7,20-32,34-35,43-50H,8-18H2,1-6H3,(H,51,52)(H,53,54)/t20-,21-,22-,23+,24-,25-,26+,27+,28+,29-,30-,31+,32+,34-,35-,38+,39+,40-,41-,42+/m1/s1. The maximum atomic E-state index is 13.2. The Morgan fingerprint density at radius 3 is 2.02 bits per heavy atom. The Morgan fingerprint density at radius 2 is 1.38 bits per heavy atom. The summed E-state index contributed by atoms with van der Waals surface area (Å²) in [6.45, 7) is 12.0. The number of fused-ring (bicyclic) bond motifs is 7. The second-order valence-electron chi connectivity index (χ2n) is 20.6. The maximum absolute atomic E-state index is 13.2. The summed E-state index contributed by atoms with van der Waals surface area (Å²) in [5, 5.41) is 106. The fraction of sp³-hybridized carbons (Fsp3) is 0.905. The van der Waals surface area contributed by atoms with Gasteiger partial charge in [0.2, 0.25) is 0 Å². The van der Waals surface area contributed by atoms with E-state index in [0.29, 0.717) is 51.4 Å². The lowest BCUT2D eigenvalue weighted by atomic mass is 9.33. The molecule has 16 heteroatoms. The van der Waals surface area contributed by atoms with Crippen LogP contribution in [0.1, 0.15) is 99.3 Å². The van der Waals surface area contributed by atoms with Gasteiger partial charge in [-0.3, -0.25) is 4.79 Å². The molecule has 4 saturated carbocycles. The Kier molecular flexibility index (Phi) is 11.4. The van der Waals surface area contributed by atoms with E-state index in [0.717, 1.165) is 12.0 Å². The summed E-state index contributed by atoms with van der Waals surface area (Å²) in [4.78, 5) is 25.2. The predicted octanol–water partition coefficient (Wildman–Crippen LogP) is 0.918. The van der Waals surface area contributed by atoms with Crippen molar-refractivity contribution in [1.82, 2.24) is 0 Å². The number of hydrogen-bond acceptors (Lipinski definition) is 14. The Labute approximate surface area is 339 Å². The molecule has 6 fully saturated rings. The number of rotatable bonds is 8. The minimum absolute atomic E-state index is 0.0657. The van der Waals surface area contributed by atoms with Crippen molar-refractivity contribution in [3.8, 4) is 0 Å². The highest BCUT2D eigenvalue weighted by atomic mass is 16.7. The zero-order valence-corrected chi connectivity index (χ0v) is 34.4. The van der Waals surface area contributed by atoms with Crippen LogP contribution in [0, 0.1) is 50.2 Å². The van der Waals surface area contributed by atoms with Crippen LogP contribution in [-0.2, 0) is 28.5 Å². The summed E-state index contributed by atoms with van der Waals surface area (Å²) in [5.41, 5.74) is -2.61. The molecule has 20 atom stereocenters. The number of carboxylic acid groups (broad SMARTS) is 2. The van der Waals surface area contributed by atoms with Crippen molar-refractivity contribution in [3.63, 3.8) is 0 Å². The van der Waals surface area contributed by atoms with Crippen LogP contribution in [0.25, 0.3) is 0 Å². The SMILES string of the molecule is CC1(C)CC[C@]2(C(=O)O)CC[C@]3(C)C(=CC[C@@H]4[C@@]5(C)CC[C@H](O[C@@H]6O[C@H](C(=O)O)[C@@H](O)[C@H](O)[C@H]6O)[C@@](C)(CO[C@@H]6O[C@H](CO)[C@@H](O)[C@H](O)[C@H]6O)[C@@H]5CC[C@]43C)[C@@H]2[C@@H]1O. The first kappa shape index (κ1) is 44.3. The summed E-state index contributed by atoms with van der Waals surface area (Å²) < 4.78 is 24.1. The summed E-state index contributed by atoms with van der Waals surface area (Å²) in [7, 11) is 0. The van der Waals surface area contributed by atoms with Crippen LogP contribution in [0.5, 0.6) is 0 Å². The molecule has 7 rings (SSSR count). The van der Waals surface area contributed by atoms with Crippen LogP contribution >= 0.6 is 0 Å². The van der Waals surface area contributed by atoms with Gasteiger partial charge in [-0.25, -0.2) is 4.79 Å². The summed E-state index contributed by atoms with van der Waals surface area (Å²) in [6, 6.07) is 0. The minimum atomic E-state index is -1.91. The van der Waals surface area contributed by atoms with E-state index in [1.807, 2.05) is 20.8 Å². The van der Waals surface area contributed by atoms with Gasteiger partial charge in [-0.15, -0.1) is 0 Å². The highest BCUT2D eigenvalue weighted by Gasteiger charge is 2.71. The molecule has 2 heterocycles. The number of carboxylic acids is 2. The molecule has 0 aromatic rings. The van der Waals surface area contributed by atoms with Gasteiger partial charge in [0.25, 0.3) is 0 Å². The second-order valence-corrected chi connectivity index (χ2v) is 20.6. The van der Waals surface area contributed by atoms with Crippen molar-refractivity contribution < 1.29 is 79.6 Å². The smallest absolute Gasteiger partial charge is 0.335 e. The number of aliphatic carboxylic acids is 2. The third-order valence-electron chi connectivity index (χ3n) is 17.5. The van der Waals surface area contributed by atoms with E-state index in [-0.39, 0.29) is 23.9 Å². The van der Waals surface area contributed by atoms with E-state index < -0.39 is 125 Å². The number of carbonyl (C=O) groups is 2. The summed E-state index contributed by atoms with van der Waals surface area (Å²) in [6.07, 6.45) is -10.9. The largest absolute Gasteiger partial charge is 0.481 e. The van der Waals surface area contributed by atoms with E-state index >= 15 is 0 Å². The summed E-state index contributed by atoms with van der Waals surface area (Å²) in [5.74, 6) is -3.05. The predicted molar refractivity (Wildman–Crippen MR) is 201 cm³/mol. The first-order valence-electron chi connectivity index (χ1n) is 21.1. The average molecular weight is 827 g/mol. The molecule has 0 radical (unpaired) electrons. The van der Waals surface area contributed by atoms with E-state index in [2.05, 4.69) is 26.8 Å². The zero-order valence-electron chi connectivity index (χ0n) is 34.4. The van der Waals surface area contributed by atoms with Crippen LogP contribution in [0.2, 0.25) is 0 Å². The van der Waals surface area contributed by atoms with Gasteiger partial charge in [0, 0.05) is 11.3 Å². The first-order valence-corrected chi connectivity index (χ1v) is 21.1. The molecule has 10 N–H and O–H groups in total. The molecule has 0 spiro atoms. The third-order valence-corrected chi connectivity index (χ3v) is 17.5. The second kappa shape index (κ2) is 14.9. The molecule has 16 nitrogen and oxygen atoms in total. The van der Waals surface area contributed by atoms with Gasteiger partial charge < -0.3 is 70.0 Å². The van der Waals surface area contributed by atoms with Crippen LogP contribution in [-0.4, -0.2) is 150 Å². The van der Waals surface area contributed by atoms with Gasteiger partial charge in [0.15, 0.2) is 18.7 Å². The van der Waals surface area contributed by atoms with Crippen molar-refractivity contribution in [3.05, 3.63) is 11.6 Å². The van der Waals surface area contributed by atoms with E-state index in [1.165, 1.54) is 0 Å². The Balaban J connectivity index is 1.25. The van der Waals surface area contributed by atoms with Crippen molar-refractivity contribution in [2.75, 3.05) is 13.2 Å². The van der Waals surface area contributed by atoms with Crippen LogP contribution in [0.3, 0.4) is 0 Å². The number of hydrogen-bond donors (Lipinski definition) is 10. The Bertz CT molecular complexity index is 1620. The molecule has 0 bridgehead atoms. The molecule has 330 valence electrons. The Morgan fingerprint density at radius 1 is 0.741 bits per heavy atom. The van der Waals surface area contributed by atoms with Gasteiger partial charge >= 0.3 is 11.9 Å². The quantitative estimate of drug-likeness (QED) is 0.120. The number of ether oxygens (including phenoxy) is 4. The lowest BCUT2D eigenvalue weighted by molar-refractivity contribution is -0.340. The van der Waals surface area contributed by atoms with Gasteiger partial charge in [-0.2, -0.15) is 0 Å². The van der Waals surface area contributed by atoms with Crippen molar-refractivity contribution >= 4 is 11.9 Å². The van der Waals surface area contributed by atoms with Gasteiger partial charge in [0.05, 0.1) is 30.8 Å². The average Bonchev–Trinajstić information content (AvgIpc) is 3.16. The monoisotopic (exact) mass is 826 g/mol. The summed E-state index contributed by atoms with van der Waals surface area (Å²) >= 11 is 0. The van der Waals surface area contributed by atoms with Crippen LogP contribution in [0.15, 0.2) is 11.6 Å². The van der Waals surface area contributed by atoms with Crippen molar-refractivity contribution in [2.45, 2.75) is 173 Å². The van der Waals surface area contributed by atoms with E-state index in [4.69, 9.17) is 18.9 Å². The molecule has 0 amide bonds. The highest BCUT2D eigenvalue weighted by molar-refractivity contribution is 5.77.